The molecular formula is C43H28N4. The summed E-state index contributed by atoms with van der Waals surface area (Å²) in [6.07, 6.45) is 0. The molecule has 0 aliphatic heterocycles. The van der Waals surface area contributed by atoms with Crippen molar-refractivity contribution in [3.8, 4) is 51.0 Å². The summed E-state index contributed by atoms with van der Waals surface area (Å²) < 4.78 is 2.30. The molecule has 0 unspecified atom stereocenters. The maximum Gasteiger partial charge on any atom is 0.160 e. The Morgan fingerprint density at radius 2 is 0.936 bits per heavy atom. The first-order valence-corrected chi connectivity index (χ1v) is 15.8. The lowest BCUT2D eigenvalue weighted by Crippen LogP contribution is -1.98. The van der Waals surface area contributed by atoms with E-state index in [9.17, 15) is 0 Å². The predicted octanol–water partition coefficient (Wildman–Crippen LogP) is 10.8. The smallest absolute Gasteiger partial charge is 0.160 e. The summed E-state index contributed by atoms with van der Waals surface area (Å²) >= 11 is 0. The number of benzene rings is 7. The van der Waals surface area contributed by atoms with Crippen LogP contribution in [0.1, 0.15) is 0 Å². The van der Waals surface area contributed by atoms with E-state index < -0.39 is 0 Å². The Kier molecular flexibility index (Phi) is 6.43. The normalized spacial score (nSPS) is 11.4. The molecule has 0 bridgehead atoms. The Hall–Kier alpha value is -6.39. The van der Waals surface area contributed by atoms with Gasteiger partial charge < -0.3 is 0 Å². The minimum Gasteiger partial charge on any atom is -0.292 e. The van der Waals surface area contributed by atoms with Crippen molar-refractivity contribution in [2.75, 3.05) is 0 Å². The molecule has 220 valence electrons. The fraction of sp³-hybridized carbons (Fsp3) is 0. The fourth-order valence-corrected chi connectivity index (χ4v) is 6.54. The largest absolute Gasteiger partial charge is 0.292 e. The van der Waals surface area contributed by atoms with Crippen LogP contribution in [0.25, 0.3) is 83.6 Å². The second-order valence-corrected chi connectivity index (χ2v) is 11.7. The van der Waals surface area contributed by atoms with Gasteiger partial charge in [-0.25, -0.2) is 15.0 Å². The number of aromatic nitrogens is 4. The number of para-hydroxylation sites is 1. The number of rotatable bonds is 5. The lowest BCUT2D eigenvalue weighted by atomic mass is 9.98. The summed E-state index contributed by atoms with van der Waals surface area (Å²) in [5.74, 6) is 1.61. The van der Waals surface area contributed by atoms with Gasteiger partial charge in [0.25, 0.3) is 0 Å². The number of hydrogen-bond donors (Lipinski definition) is 0. The quantitative estimate of drug-likeness (QED) is 0.185. The molecule has 0 saturated carbocycles. The Morgan fingerprint density at radius 1 is 0.404 bits per heavy atom. The molecule has 0 aliphatic rings. The second-order valence-electron chi connectivity index (χ2n) is 11.7. The third-order valence-electron chi connectivity index (χ3n) is 8.79. The zero-order valence-electron chi connectivity index (χ0n) is 25.5. The van der Waals surface area contributed by atoms with Crippen LogP contribution in [0.5, 0.6) is 0 Å². The zero-order valence-corrected chi connectivity index (χ0v) is 25.5. The molecule has 0 N–H and O–H groups in total. The van der Waals surface area contributed by atoms with Crippen LogP contribution in [0.3, 0.4) is 0 Å². The molecule has 9 rings (SSSR count). The van der Waals surface area contributed by atoms with E-state index in [0.29, 0.717) is 5.82 Å². The summed E-state index contributed by atoms with van der Waals surface area (Å²) in [7, 11) is 0. The van der Waals surface area contributed by atoms with E-state index in [4.69, 9.17) is 15.0 Å². The van der Waals surface area contributed by atoms with Crippen molar-refractivity contribution in [1.29, 1.82) is 0 Å². The van der Waals surface area contributed by atoms with Crippen molar-refractivity contribution in [1.82, 2.24) is 19.5 Å². The molecule has 2 aromatic heterocycles. The van der Waals surface area contributed by atoms with Crippen molar-refractivity contribution < 1.29 is 0 Å². The molecule has 4 nitrogen and oxygen atoms in total. The molecule has 0 atom stereocenters. The number of imidazole rings is 1. The molecule has 47 heavy (non-hydrogen) atoms. The lowest BCUT2D eigenvalue weighted by molar-refractivity contribution is 1.11. The molecule has 0 radical (unpaired) electrons. The third-order valence-corrected chi connectivity index (χ3v) is 8.79. The van der Waals surface area contributed by atoms with Crippen molar-refractivity contribution in [2.45, 2.75) is 0 Å². The highest BCUT2D eigenvalue weighted by Gasteiger charge is 2.19. The molecule has 0 aliphatic carbocycles. The monoisotopic (exact) mass is 600 g/mol. The summed E-state index contributed by atoms with van der Waals surface area (Å²) in [4.78, 5) is 15.5. The summed E-state index contributed by atoms with van der Waals surface area (Å²) in [5.41, 5.74) is 9.04. The number of hydrogen-bond acceptors (Lipinski definition) is 3. The van der Waals surface area contributed by atoms with Gasteiger partial charge in [-0.05, 0) is 46.5 Å². The van der Waals surface area contributed by atoms with Crippen LogP contribution in [0.2, 0.25) is 0 Å². The SMILES string of the molecule is c1ccc(-c2cc(-c3ccccc3)nc(-c3ccc4ccc5ccc6nc(-c7ccccc7)n(-c7ccccc7)c6c5c4c3)n2)cc1. The van der Waals surface area contributed by atoms with E-state index in [-0.39, 0.29) is 0 Å². The topological polar surface area (TPSA) is 43.6 Å². The van der Waals surface area contributed by atoms with Gasteiger partial charge >= 0.3 is 0 Å². The lowest BCUT2D eigenvalue weighted by Gasteiger charge is -2.13. The van der Waals surface area contributed by atoms with Gasteiger partial charge in [0.15, 0.2) is 5.82 Å². The number of fused-ring (bicyclic) bond motifs is 5. The van der Waals surface area contributed by atoms with E-state index in [1.54, 1.807) is 0 Å². The first-order valence-electron chi connectivity index (χ1n) is 15.8. The van der Waals surface area contributed by atoms with Gasteiger partial charge in [-0.15, -0.1) is 0 Å². The van der Waals surface area contributed by atoms with Crippen molar-refractivity contribution >= 4 is 32.6 Å². The molecule has 2 heterocycles. The van der Waals surface area contributed by atoms with Gasteiger partial charge in [-0.2, -0.15) is 0 Å². The first-order chi connectivity index (χ1) is 23.3. The summed E-state index contributed by atoms with van der Waals surface area (Å²) in [6, 6.07) is 59.0. The Bertz CT molecular complexity index is 2480. The minimum absolute atomic E-state index is 0.692. The van der Waals surface area contributed by atoms with Crippen LogP contribution in [-0.2, 0) is 0 Å². The molecule has 4 heteroatoms. The third kappa shape index (κ3) is 4.75. The molecule has 9 aromatic rings. The minimum atomic E-state index is 0.692. The van der Waals surface area contributed by atoms with Gasteiger partial charge in [0.2, 0.25) is 0 Å². The van der Waals surface area contributed by atoms with E-state index in [0.717, 1.165) is 77.7 Å². The van der Waals surface area contributed by atoms with Crippen molar-refractivity contribution in [3.63, 3.8) is 0 Å². The molecule has 0 spiro atoms. The van der Waals surface area contributed by atoms with Crippen LogP contribution < -0.4 is 0 Å². The second kappa shape index (κ2) is 11.2. The van der Waals surface area contributed by atoms with E-state index in [1.165, 1.54) is 0 Å². The van der Waals surface area contributed by atoms with E-state index in [1.807, 2.05) is 42.5 Å². The van der Waals surface area contributed by atoms with Crippen LogP contribution in [0, 0.1) is 0 Å². The standard InChI is InChI=1S/C43H28N4/c1-5-13-30(14-6-1)38-28-39(31-15-7-2-8-16-31)45-42(44-38)34-24-22-29-21-23-32-25-26-37-41(40(32)36(29)27-34)47(35-19-11-4-12-20-35)43(46-37)33-17-9-3-10-18-33/h1-28H. The van der Waals surface area contributed by atoms with Crippen LogP contribution in [0.4, 0.5) is 0 Å². The van der Waals surface area contributed by atoms with Crippen LogP contribution in [-0.4, -0.2) is 19.5 Å². The molecule has 7 aromatic carbocycles. The van der Waals surface area contributed by atoms with Crippen LogP contribution in [0.15, 0.2) is 170 Å². The maximum absolute atomic E-state index is 5.23. The molecular weight excluding hydrogens is 573 g/mol. The summed E-state index contributed by atoms with van der Waals surface area (Å²) in [6.45, 7) is 0. The average Bonchev–Trinajstić information content (AvgIpc) is 3.56. The van der Waals surface area contributed by atoms with Gasteiger partial charge in [0.05, 0.1) is 22.4 Å². The molecule has 0 saturated heterocycles. The Balaban J connectivity index is 1.34. The van der Waals surface area contributed by atoms with Crippen LogP contribution >= 0.6 is 0 Å². The predicted molar refractivity (Wildman–Crippen MR) is 193 cm³/mol. The van der Waals surface area contributed by atoms with E-state index in [2.05, 4.69) is 132 Å². The average molecular weight is 601 g/mol. The highest BCUT2D eigenvalue weighted by Crippen LogP contribution is 2.38. The molecule has 0 amide bonds. The first kappa shape index (κ1) is 27.0. The van der Waals surface area contributed by atoms with E-state index >= 15 is 0 Å². The fourth-order valence-electron chi connectivity index (χ4n) is 6.54. The highest BCUT2D eigenvalue weighted by atomic mass is 15.1. The van der Waals surface area contributed by atoms with Gasteiger partial charge in [0, 0.05) is 33.3 Å². The zero-order chi connectivity index (χ0) is 31.2. The molecule has 0 fully saturated rings. The highest BCUT2D eigenvalue weighted by molar-refractivity contribution is 6.20. The van der Waals surface area contributed by atoms with Gasteiger partial charge in [-0.3, -0.25) is 4.57 Å². The Labute approximate surface area is 272 Å². The van der Waals surface area contributed by atoms with Crippen molar-refractivity contribution in [3.05, 3.63) is 170 Å². The van der Waals surface area contributed by atoms with Gasteiger partial charge in [0.1, 0.15) is 5.82 Å². The van der Waals surface area contributed by atoms with Crippen molar-refractivity contribution in [2.24, 2.45) is 0 Å². The maximum atomic E-state index is 5.23. The number of nitrogens with zero attached hydrogens (tertiary/aromatic N) is 4. The Morgan fingerprint density at radius 3 is 1.57 bits per heavy atom. The van der Waals surface area contributed by atoms with Gasteiger partial charge in [-0.1, -0.05) is 140 Å². The summed E-state index contributed by atoms with van der Waals surface area (Å²) in [5, 5.41) is 4.60.